The van der Waals surface area contributed by atoms with E-state index in [0.717, 1.165) is 0 Å². The van der Waals surface area contributed by atoms with Crippen molar-refractivity contribution in [2.75, 3.05) is 0 Å². The fraction of sp³-hybridized carbons (Fsp3) is 0.714. The number of nitrogens with zero attached hydrogens (tertiary/aromatic N) is 5. The van der Waals surface area contributed by atoms with E-state index in [1.165, 1.54) is 0 Å². The molecule has 0 amide bonds. The normalized spacial score (nSPS) is 6.93. The summed E-state index contributed by atoms with van der Waals surface area (Å²) >= 11 is 0. The third-order valence-electron chi connectivity index (χ3n) is 1.29. The molecule has 0 aromatic rings. The Morgan fingerprint density at radius 3 is 0.464 bits per heavy atom. The van der Waals surface area contributed by atoms with Crippen molar-refractivity contribution in [3.8, 4) is 30.3 Å². The van der Waals surface area contributed by atoms with Gasteiger partial charge in [-0.25, -0.2) is 0 Å². The second-order valence-electron chi connectivity index (χ2n) is 6.42. The number of hydrogen-bond donors (Lipinski definition) is 0. The van der Waals surface area contributed by atoms with Crippen LogP contribution in [0.15, 0.2) is 0 Å². The number of nitriles is 5. The minimum Gasteiger partial charge on any atom is -0.307 e. The second kappa shape index (κ2) is 44.3. The zero-order chi connectivity index (χ0) is 23.4. The van der Waals surface area contributed by atoms with Gasteiger partial charge in [-0.3, -0.25) is 0 Å². The van der Waals surface area contributed by atoms with Crippen molar-refractivity contribution in [2.45, 2.75) is 69.2 Å². The summed E-state index contributed by atoms with van der Waals surface area (Å²) in [7, 11) is 0. The van der Waals surface area contributed by atoms with Gasteiger partial charge in [-0.1, -0.05) is 0 Å². The Morgan fingerprint density at radius 2 is 0.464 bits per heavy atom. The summed E-state index contributed by atoms with van der Waals surface area (Å²) in [5, 5.41) is 39.5. The molecule has 0 atom stereocenters. The fourth-order valence-electron chi connectivity index (χ4n) is 0. The first kappa shape index (κ1) is 44.9. The van der Waals surface area contributed by atoms with E-state index in [0.29, 0.717) is 0 Å². The summed E-state index contributed by atoms with van der Waals surface area (Å²) in [6, 6.07) is 10.1. The van der Waals surface area contributed by atoms with Gasteiger partial charge in [0.05, 0.1) is 30.3 Å². The van der Waals surface area contributed by atoms with Gasteiger partial charge in [0, 0.05) is 50.7 Å². The molecular formula is C21H37N5OW. The van der Waals surface area contributed by atoms with E-state index < -0.39 is 0 Å². The summed E-state index contributed by atoms with van der Waals surface area (Å²) in [4.78, 5) is 8.00. The van der Waals surface area contributed by atoms with Crippen molar-refractivity contribution < 1.29 is 25.9 Å². The number of hydrogen-bond acceptors (Lipinski definition) is 6. The van der Waals surface area contributed by atoms with Crippen molar-refractivity contribution in [3.05, 3.63) is 0 Å². The second-order valence-corrected chi connectivity index (χ2v) is 6.42. The van der Waals surface area contributed by atoms with E-state index in [-0.39, 0.29) is 50.7 Å². The predicted octanol–water partition coefficient (Wildman–Crippen LogP) is 5.64. The van der Waals surface area contributed by atoms with Crippen LogP contribution in [0, 0.1) is 86.2 Å². The SMILES string of the molecule is C=O.CC(C)C#N.CC(C)C#N.CC(C)C#N.CC(C)C#N.CC(C)C#N.[W]. The van der Waals surface area contributed by atoms with Crippen LogP contribution in [-0.4, -0.2) is 6.79 Å². The van der Waals surface area contributed by atoms with Crippen molar-refractivity contribution in [1.82, 2.24) is 0 Å². The van der Waals surface area contributed by atoms with Crippen LogP contribution in [0.4, 0.5) is 0 Å². The Morgan fingerprint density at radius 1 is 0.429 bits per heavy atom. The van der Waals surface area contributed by atoms with Gasteiger partial charge in [0.1, 0.15) is 6.79 Å². The Kier molecular flexibility index (Phi) is 71.1. The average molecular weight is 559 g/mol. The van der Waals surface area contributed by atoms with Gasteiger partial charge in [0.2, 0.25) is 0 Å². The van der Waals surface area contributed by atoms with Crippen LogP contribution >= 0.6 is 0 Å². The first-order chi connectivity index (χ1) is 12.4. The van der Waals surface area contributed by atoms with Crippen LogP contribution < -0.4 is 0 Å². The van der Waals surface area contributed by atoms with E-state index in [2.05, 4.69) is 0 Å². The van der Waals surface area contributed by atoms with Crippen LogP contribution in [0.1, 0.15) is 69.2 Å². The molecular weight excluding hydrogens is 522 g/mol. The monoisotopic (exact) mass is 559 g/mol. The van der Waals surface area contributed by atoms with Gasteiger partial charge in [-0.05, 0) is 69.2 Å². The summed E-state index contributed by atoms with van der Waals surface area (Å²) < 4.78 is 0. The summed E-state index contributed by atoms with van der Waals surface area (Å²) in [5.41, 5.74) is 0. The minimum atomic E-state index is 0. The van der Waals surface area contributed by atoms with Crippen molar-refractivity contribution in [1.29, 1.82) is 26.3 Å². The Balaban J connectivity index is -0.0000000381. The first-order valence-electron chi connectivity index (χ1n) is 8.62. The molecule has 0 radical (unpaired) electrons. The number of rotatable bonds is 0. The molecule has 0 aromatic heterocycles. The summed E-state index contributed by atoms with van der Waals surface area (Å²) in [5.74, 6) is 0.949. The van der Waals surface area contributed by atoms with Gasteiger partial charge in [0.15, 0.2) is 0 Å². The van der Waals surface area contributed by atoms with Crippen LogP contribution in [0.5, 0.6) is 0 Å². The Labute approximate surface area is 188 Å². The third-order valence-corrected chi connectivity index (χ3v) is 1.29. The molecule has 7 heteroatoms. The van der Waals surface area contributed by atoms with E-state index >= 15 is 0 Å². The molecule has 0 spiro atoms. The molecule has 0 aliphatic rings. The van der Waals surface area contributed by atoms with Gasteiger partial charge in [-0.2, -0.15) is 26.3 Å². The zero-order valence-corrected chi connectivity index (χ0v) is 22.1. The largest absolute Gasteiger partial charge is 0.307 e. The Hall–Kier alpha value is -2.19. The quantitative estimate of drug-likeness (QED) is 0.377. The molecule has 0 saturated carbocycles. The number of carbonyl (C=O) groups is 1. The maximum atomic E-state index is 8.00. The van der Waals surface area contributed by atoms with E-state index in [1.807, 2.05) is 106 Å². The molecule has 0 rings (SSSR count). The molecule has 0 fully saturated rings. The predicted molar refractivity (Wildman–Crippen MR) is 109 cm³/mol. The van der Waals surface area contributed by atoms with Gasteiger partial charge in [-0.15, -0.1) is 0 Å². The molecule has 0 unspecified atom stereocenters. The van der Waals surface area contributed by atoms with Gasteiger partial charge < -0.3 is 4.79 Å². The average Bonchev–Trinajstić information content (AvgIpc) is 2.64. The van der Waals surface area contributed by atoms with E-state index in [9.17, 15) is 0 Å². The van der Waals surface area contributed by atoms with Gasteiger partial charge >= 0.3 is 0 Å². The van der Waals surface area contributed by atoms with Crippen LogP contribution in [0.2, 0.25) is 0 Å². The van der Waals surface area contributed by atoms with E-state index in [1.54, 1.807) is 0 Å². The van der Waals surface area contributed by atoms with Crippen LogP contribution in [-0.2, 0) is 25.9 Å². The standard InChI is InChI=1S/5C4H7N.CH2O.W/c5*1-4(2)3-5;1-2;/h5*4H,1-2H3;1H2;. The molecule has 0 heterocycles. The molecule has 0 aromatic carbocycles. The molecule has 158 valence electrons. The molecule has 0 aliphatic carbocycles. The van der Waals surface area contributed by atoms with E-state index in [4.69, 9.17) is 31.1 Å². The van der Waals surface area contributed by atoms with Crippen molar-refractivity contribution in [2.24, 2.45) is 29.6 Å². The summed E-state index contributed by atoms with van der Waals surface area (Å²) in [6.45, 7) is 20.6. The Bertz CT molecular complexity index is 377. The maximum Gasteiger partial charge on any atom is 0.106 e. The minimum absolute atomic E-state index is 0. The molecule has 28 heavy (non-hydrogen) atoms. The van der Waals surface area contributed by atoms with Crippen molar-refractivity contribution in [3.63, 3.8) is 0 Å². The van der Waals surface area contributed by atoms with Crippen molar-refractivity contribution >= 4 is 6.79 Å². The van der Waals surface area contributed by atoms with Crippen LogP contribution in [0.25, 0.3) is 0 Å². The van der Waals surface area contributed by atoms with Crippen LogP contribution in [0.3, 0.4) is 0 Å². The fourth-order valence-corrected chi connectivity index (χ4v) is 0. The maximum absolute atomic E-state index is 8.00. The molecule has 0 aliphatic heterocycles. The van der Waals surface area contributed by atoms with Gasteiger partial charge in [0.25, 0.3) is 0 Å². The molecule has 6 nitrogen and oxygen atoms in total. The number of carbonyl (C=O) groups excluding carboxylic acids is 1. The molecule has 0 saturated heterocycles. The zero-order valence-electron chi connectivity index (χ0n) is 19.1. The molecule has 0 N–H and O–H groups in total. The third kappa shape index (κ3) is 203. The summed E-state index contributed by atoms with van der Waals surface area (Å²) in [6.07, 6.45) is 0. The smallest absolute Gasteiger partial charge is 0.106 e. The topological polar surface area (TPSA) is 136 Å². The molecule has 0 bridgehead atoms. The first-order valence-corrected chi connectivity index (χ1v) is 8.62.